The van der Waals surface area contributed by atoms with Gasteiger partial charge < -0.3 is 11.5 Å². The van der Waals surface area contributed by atoms with Crippen molar-refractivity contribution in [1.82, 2.24) is 0 Å². The van der Waals surface area contributed by atoms with Gasteiger partial charge in [0.2, 0.25) is 0 Å². The Hall–Kier alpha value is -0.0800. The van der Waals surface area contributed by atoms with Crippen molar-refractivity contribution in [2.24, 2.45) is 22.3 Å². The Labute approximate surface area is 69.3 Å². The van der Waals surface area contributed by atoms with Gasteiger partial charge in [-0.2, -0.15) is 0 Å². The van der Waals surface area contributed by atoms with E-state index >= 15 is 0 Å². The van der Waals surface area contributed by atoms with Gasteiger partial charge >= 0.3 is 0 Å². The van der Waals surface area contributed by atoms with E-state index < -0.39 is 0 Å². The highest BCUT2D eigenvalue weighted by atomic mass is 14.7. The second kappa shape index (κ2) is 2.76. The fourth-order valence-electron chi connectivity index (χ4n) is 1.98. The molecule has 2 heteroatoms. The molecule has 0 aliphatic heterocycles. The summed E-state index contributed by atoms with van der Waals surface area (Å²) in [4.78, 5) is 0. The minimum Gasteiger partial charge on any atom is -0.330 e. The molecule has 0 radical (unpaired) electrons. The van der Waals surface area contributed by atoms with Crippen molar-refractivity contribution in [3.63, 3.8) is 0 Å². The molecule has 1 fully saturated rings. The zero-order chi connectivity index (χ0) is 8.54. The fraction of sp³-hybridized carbons (Fsp3) is 1.00. The van der Waals surface area contributed by atoms with Crippen LogP contribution in [0.15, 0.2) is 0 Å². The van der Waals surface area contributed by atoms with E-state index in [0.29, 0.717) is 5.41 Å². The Balaban J connectivity index is 2.68. The summed E-state index contributed by atoms with van der Waals surface area (Å²) >= 11 is 0. The average Bonchev–Trinajstić information content (AvgIpc) is 1.86. The van der Waals surface area contributed by atoms with Crippen LogP contribution in [-0.2, 0) is 0 Å². The Kier molecular flexibility index (Phi) is 2.26. The van der Waals surface area contributed by atoms with Crippen LogP contribution in [-0.4, -0.2) is 13.1 Å². The zero-order valence-electron chi connectivity index (χ0n) is 7.69. The summed E-state index contributed by atoms with van der Waals surface area (Å²) < 4.78 is 0. The Bertz CT molecular complexity index is 131. The maximum absolute atomic E-state index is 5.77. The Morgan fingerprint density at radius 2 is 1.82 bits per heavy atom. The molecule has 0 spiro atoms. The first-order valence-corrected chi connectivity index (χ1v) is 4.48. The van der Waals surface area contributed by atoms with E-state index in [1.54, 1.807) is 0 Å². The second-order valence-corrected chi connectivity index (χ2v) is 4.43. The summed E-state index contributed by atoms with van der Waals surface area (Å²) in [7, 11) is 0. The standard InChI is InChI=1S/C9H20N2/c1-8(2,6-10)9(7-11)4-3-5-9/h3-7,10-11H2,1-2H3. The topological polar surface area (TPSA) is 52.0 Å². The third-order valence-corrected chi connectivity index (χ3v) is 3.65. The Morgan fingerprint density at radius 1 is 1.27 bits per heavy atom. The van der Waals surface area contributed by atoms with Crippen LogP contribution in [0.5, 0.6) is 0 Å². The van der Waals surface area contributed by atoms with Crippen LogP contribution < -0.4 is 11.5 Å². The van der Waals surface area contributed by atoms with Crippen molar-refractivity contribution < 1.29 is 0 Å². The van der Waals surface area contributed by atoms with Crippen LogP contribution in [0.3, 0.4) is 0 Å². The molecule has 0 aromatic heterocycles. The maximum atomic E-state index is 5.77. The van der Waals surface area contributed by atoms with Gasteiger partial charge in [-0.15, -0.1) is 0 Å². The molecule has 0 unspecified atom stereocenters. The minimum atomic E-state index is 0.236. The molecule has 11 heavy (non-hydrogen) atoms. The van der Waals surface area contributed by atoms with E-state index in [4.69, 9.17) is 11.5 Å². The molecular weight excluding hydrogens is 136 g/mol. The molecule has 0 bridgehead atoms. The summed E-state index contributed by atoms with van der Waals surface area (Å²) in [5, 5.41) is 0. The van der Waals surface area contributed by atoms with Crippen molar-refractivity contribution in [3.05, 3.63) is 0 Å². The third-order valence-electron chi connectivity index (χ3n) is 3.65. The molecular formula is C9H20N2. The van der Waals surface area contributed by atoms with Crippen molar-refractivity contribution >= 4 is 0 Å². The lowest BCUT2D eigenvalue weighted by atomic mass is 9.54. The monoisotopic (exact) mass is 156 g/mol. The SMILES string of the molecule is CC(C)(CN)C1(CN)CCC1. The van der Waals surface area contributed by atoms with Crippen LogP contribution in [0.25, 0.3) is 0 Å². The molecule has 0 amide bonds. The van der Waals surface area contributed by atoms with Gasteiger partial charge in [0, 0.05) is 0 Å². The lowest BCUT2D eigenvalue weighted by Gasteiger charge is -2.52. The van der Waals surface area contributed by atoms with E-state index in [1.165, 1.54) is 19.3 Å². The highest BCUT2D eigenvalue weighted by Gasteiger charge is 2.47. The van der Waals surface area contributed by atoms with E-state index in [9.17, 15) is 0 Å². The summed E-state index contributed by atoms with van der Waals surface area (Å²) in [6, 6.07) is 0. The first-order chi connectivity index (χ1) is 5.08. The largest absolute Gasteiger partial charge is 0.330 e. The summed E-state index contributed by atoms with van der Waals surface area (Å²) in [5.74, 6) is 0. The number of rotatable bonds is 3. The van der Waals surface area contributed by atoms with Gasteiger partial charge in [0.15, 0.2) is 0 Å². The van der Waals surface area contributed by atoms with Gasteiger partial charge in [-0.05, 0) is 36.8 Å². The summed E-state index contributed by atoms with van der Waals surface area (Å²) in [5.41, 5.74) is 12.1. The third kappa shape index (κ3) is 1.18. The van der Waals surface area contributed by atoms with E-state index in [1.807, 2.05) is 0 Å². The molecule has 0 saturated heterocycles. The zero-order valence-corrected chi connectivity index (χ0v) is 7.69. The first-order valence-electron chi connectivity index (χ1n) is 4.48. The number of nitrogens with two attached hydrogens (primary N) is 2. The van der Waals surface area contributed by atoms with Gasteiger partial charge in [0.05, 0.1) is 0 Å². The quantitative estimate of drug-likeness (QED) is 0.643. The average molecular weight is 156 g/mol. The lowest BCUT2D eigenvalue weighted by Crippen LogP contribution is -2.52. The molecule has 0 aromatic carbocycles. The van der Waals surface area contributed by atoms with Crippen LogP contribution in [0.1, 0.15) is 33.1 Å². The van der Waals surface area contributed by atoms with Crippen LogP contribution >= 0.6 is 0 Å². The van der Waals surface area contributed by atoms with Gasteiger partial charge in [-0.3, -0.25) is 0 Å². The maximum Gasteiger partial charge on any atom is -0.00149 e. The highest BCUT2D eigenvalue weighted by molar-refractivity contribution is 4.99. The smallest absolute Gasteiger partial charge is 0.00149 e. The van der Waals surface area contributed by atoms with Gasteiger partial charge in [-0.1, -0.05) is 20.3 Å². The predicted molar refractivity (Wildman–Crippen MR) is 48.2 cm³/mol. The van der Waals surface area contributed by atoms with Crippen LogP contribution in [0.2, 0.25) is 0 Å². The molecule has 4 N–H and O–H groups in total. The van der Waals surface area contributed by atoms with Crippen LogP contribution in [0, 0.1) is 10.8 Å². The molecule has 0 atom stereocenters. The summed E-state index contributed by atoms with van der Waals surface area (Å²) in [6.07, 6.45) is 3.88. The van der Waals surface area contributed by atoms with Gasteiger partial charge in [0.1, 0.15) is 0 Å². The molecule has 1 aliphatic rings. The van der Waals surface area contributed by atoms with Crippen molar-refractivity contribution in [2.75, 3.05) is 13.1 Å². The predicted octanol–water partition coefficient (Wildman–Crippen LogP) is 1.10. The second-order valence-electron chi connectivity index (χ2n) is 4.43. The summed E-state index contributed by atoms with van der Waals surface area (Å²) in [6.45, 7) is 6.03. The van der Waals surface area contributed by atoms with Gasteiger partial charge in [-0.25, -0.2) is 0 Å². The van der Waals surface area contributed by atoms with E-state index in [0.717, 1.165) is 13.1 Å². The fourth-order valence-corrected chi connectivity index (χ4v) is 1.98. The first kappa shape index (κ1) is 9.01. The normalized spacial score (nSPS) is 22.9. The van der Waals surface area contributed by atoms with Gasteiger partial charge in [0.25, 0.3) is 0 Å². The minimum absolute atomic E-state index is 0.236. The molecule has 1 aliphatic carbocycles. The highest BCUT2D eigenvalue weighted by Crippen LogP contribution is 2.52. The van der Waals surface area contributed by atoms with Crippen LogP contribution in [0.4, 0.5) is 0 Å². The number of hydrogen-bond donors (Lipinski definition) is 2. The van der Waals surface area contributed by atoms with Crippen molar-refractivity contribution in [3.8, 4) is 0 Å². The van der Waals surface area contributed by atoms with Crippen molar-refractivity contribution in [2.45, 2.75) is 33.1 Å². The lowest BCUT2D eigenvalue weighted by molar-refractivity contribution is -0.000370. The molecule has 1 saturated carbocycles. The Morgan fingerprint density at radius 3 is 1.91 bits per heavy atom. The van der Waals surface area contributed by atoms with Crippen molar-refractivity contribution in [1.29, 1.82) is 0 Å². The molecule has 0 heterocycles. The van der Waals surface area contributed by atoms with E-state index in [-0.39, 0.29) is 5.41 Å². The molecule has 66 valence electrons. The van der Waals surface area contributed by atoms with E-state index in [2.05, 4.69) is 13.8 Å². The number of hydrogen-bond acceptors (Lipinski definition) is 2. The molecule has 2 nitrogen and oxygen atoms in total. The molecule has 0 aromatic rings. The molecule has 1 rings (SSSR count).